The van der Waals surface area contributed by atoms with Gasteiger partial charge in [-0.15, -0.1) is 0 Å². The van der Waals surface area contributed by atoms with Gasteiger partial charge in [-0.25, -0.2) is 29.0 Å². The van der Waals surface area contributed by atoms with Gasteiger partial charge in [0.15, 0.2) is 17.3 Å². The molecule has 2 aromatic carbocycles. The molecule has 33 heavy (non-hydrogen) atoms. The van der Waals surface area contributed by atoms with Crippen molar-refractivity contribution in [3.05, 3.63) is 82.7 Å². The van der Waals surface area contributed by atoms with E-state index in [2.05, 4.69) is 35.7 Å². The average molecular weight is 444 g/mol. The summed E-state index contributed by atoms with van der Waals surface area (Å²) >= 11 is 0. The van der Waals surface area contributed by atoms with Crippen LogP contribution in [0.15, 0.2) is 59.9 Å². The van der Waals surface area contributed by atoms with Crippen LogP contribution in [0.1, 0.15) is 30.8 Å². The zero-order valence-electron chi connectivity index (χ0n) is 18.0. The number of rotatable bonds is 6. The Bertz CT molecular complexity index is 1510. The van der Waals surface area contributed by atoms with Gasteiger partial charge in [-0.3, -0.25) is 10.2 Å². The van der Waals surface area contributed by atoms with Crippen molar-refractivity contribution in [2.45, 2.75) is 26.3 Å². The van der Waals surface area contributed by atoms with Crippen LogP contribution in [-0.4, -0.2) is 29.6 Å². The van der Waals surface area contributed by atoms with Crippen LogP contribution in [0, 0.1) is 12.7 Å². The standard InChI is InChI=1S/C23H21FN8O/c1-3-16(29-21-19-20(26-11-25-19)27-12-28-21)22-30-17-6-4-5-15(24)18(17)23(33)32(22)31-14-9-7-13(2)8-10-14/h4-12,16,31H,3H2,1-2H3,(H2,25,26,27,28,29)/t16-/m0/s1. The zero-order chi connectivity index (χ0) is 22.9. The van der Waals surface area contributed by atoms with E-state index < -0.39 is 17.4 Å². The molecule has 0 aliphatic heterocycles. The Kier molecular flexibility index (Phi) is 5.17. The van der Waals surface area contributed by atoms with Crippen LogP contribution in [0.3, 0.4) is 0 Å². The van der Waals surface area contributed by atoms with E-state index in [1.54, 1.807) is 6.07 Å². The van der Waals surface area contributed by atoms with Crippen LogP contribution in [0.25, 0.3) is 22.1 Å². The molecule has 0 saturated heterocycles. The fourth-order valence-electron chi connectivity index (χ4n) is 3.69. The number of nitrogens with zero attached hydrogens (tertiary/aromatic N) is 5. The molecule has 3 aromatic heterocycles. The summed E-state index contributed by atoms with van der Waals surface area (Å²) in [4.78, 5) is 33.8. The number of H-pyrrole nitrogens is 1. The molecule has 0 spiro atoms. The third kappa shape index (κ3) is 3.75. The minimum absolute atomic E-state index is 0.0764. The lowest BCUT2D eigenvalue weighted by Crippen LogP contribution is -2.34. The summed E-state index contributed by atoms with van der Waals surface area (Å²) in [5.41, 5.74) is 5.77. The van der Waals surface area contributed by atoms with Crippen molar-refractivity contribution < 1.29 is 4.39 Å². The molecule has 0 fully saturated rings. The van der Waals surface area contributed by atoms with Gasteiger partial charge in [-0.2, -0.15) is 0 Å². The first-order valence-corrected chi connectivity index (χ1v) is 10.5. The maximum Gasteiger partial charge on any atom is 0.283 e. The Morgan fingerprint density at radius 3 is 2.73 bits per heavy atom. The SMILES string of the molecule is CC[C@H](Nc1ncnc2[nH]cnc12)c1nc2cccc(F)c2c(=O)n1Nc1ccc(C)cc1. The molecule has 0 saturated carbocycles. The van der Waals surface area contributed by atoms with Gasteiger partial charge in [-0.1, -0.05) is 30.7 Å². The van der Waals surface area contributed by atoms with Crippen molar-refractivity contribution in [3.63, 3.8) is 0 Å². The number of hydrogen-bond acceptors (Lipinski definition) is 7. The molecular weight excluding hydrogens is 423 g/mol. The van der Waals surface area contributed by atoms with Crippen LogP contribution < -0.4 is 16.3 Å². The Hall–Kier alpha value is -4.34. The Labute approximate surface area is 187 Å². The highest BCUT2D eigenvalue weighted by atomic mass is 19.1. The quantitative estimate of drug-likeness (QED) is 0.363. The largest absolute Gasteiger partial charge is 0.358 e. The monoisotopic (exact) mass is 444 g/mol. The van der Waals surface area contributed by atoms with Gasteiger partial charge >= 0.3 is 0 Å². The first-order valence-electron chi connectivity index (χ1n) is 10.5. The number of halogens is 1. The van der Waals surface area contributed by atoms with E-state index in [4.69, 9.17) is 0 Å². The first-order chi connectivity index (χ1) is 16.0. The number of fused-ring (bicyclic) bond motifs is 2. The van der Waals surface area contributed by atoms with Crippen molar-refractivity contribution in [2.75, 3.05) is 10.7 Å². The molecule has 0 amide bonds. The van der Waals surface area contributed by atoms with Gasteiger partial charge in [0.05, 0.1) is 23.6 Å². The smallest absolute Gasteiger partial charge is 0.283 e. The number of aromatic amines is 1. The van der Waals surface area contributed by atoms with Gasteiger partial charge in [0, 0.05) is 0 Å². The third-order valence-electron chi connectivity index (χ3n) is 5.41. The molecule has 0 unspecified atom stereocenters. The van der Waals surface area contributed by atoms with E-state index in [0.717, 1.165) is 5.56 Å². The lowest BCUT2D eigenvalue weighted by Gasteiger charge is -2.22. The average Bonchev–Trinajstić information content (AvgIpc) is 3.30. The molecule has 3 N–H and O–H groups in total. The number of benzene rings is 2. The van der Waals surface area contributed by atoms with E-state index in [-0.39, 0.29) is 10.9 Å². The van der Waals surface area contributed by atoms with Gasteiger partial charge in [-0.05, 0) is 37.6 Å². The van der Waals surface area contributed by atoms with Gasteiger partial charge < -0.3 is 10.3 Å². The van der Waals surface area contributed by atoms with E-state index in [1.165, 1.54) is 29.5 Å². The summed E-state index contributed by atoms with van der Waals surface area (Å²) < 4.78 is 15.9. The second-order valence-corrected chi connectivity index (χ2v) is 7.65. The molecule has 0 radical (unpaired) electrons. The molecule has 5 aromatic rings. The fraction of sp³-hybridized carbons (Fsp3) is 0.174. The van der Waals surface area contributed by atoms with E-state index >= 15 is 0 Å². The summed E-state index contributed by atoms with van der Waals surface area (Å²) in [6.07, 6.45) is 3.53. The minimum atomic E-state index is -0.619. The third-order valence-corrected chi connectivity index (χ3v) is 5.41. The van der Waals surface area contributed by atoms with E-state index in [1.807, 2.05) is 38.1 Å². The molecule has 0 aliphatic carbocycles. The number of anilines is 2. The van der Waals surface area contributed by atoms with Gasteiger partial charge in [0.2, 0.25) is 0 Å². The number of hydrogen-bond donors (Lipinski definition) is 3. The molecule has 9 nitrogen and oxygen atoms in total. The van der Waals surface area contributed by atoms with Crippen LogP contribution >= 0.6 is 0 Å². The lowest BCUT2D eigenvalue weighted by molar-refractivity contribution is 0.622. The van der Waals surface area contributed by atoms with Crippen molar-refractivity contribution in [3.8, 4) is 0 Å². The van der Waals surface area contributed by atoms with Gasteiger partial charge in [0.1, 0.15) is 23.0 Å². The fourth-order valence-corrected chi connectivity index (χ4v) is 3.69. The summed E-state index contributed by atoms with van der Waals surface area (Å²) in [5, 5.41) is 3.25. The van der Waals surface area contributed by atoms with Crippen LogP contribution in [-0.2, 0) is 0 Å². The molecule has 0 aliphatic rings. The second kappa shape index (κ2) is 8.30. The zero-order valence-corrected chi connectivity index (χ0v) is 18.0. The maximum atomic E-state index is 14.6. The maximum absolute atomic E-state index is 14.6. The Morgan fingerprint density at radius 2 is 1.94 bits per heavy atom. The summed E-state index contributed by atoms with van der Waals surface area (Å²) in [5.74, 6) is 0.276. The molecule has 5 rings (SSSR count). The molecule has 1 atom stereocenters. The topological polar surface area (TPSA) is 113 Å². The highest BCUT2D eigenvalue weighted by Gasteiger charge is 2.22. The van der Waals surface area contributed by atoms with E-state index in [9.17, 15) is 9.18 Å². The highest BCUT2D eigenvalue weighted by Crippen LogP contribution is 2.25. The molecule has 166 valence electrons. The summed E-state index contributed by atoms with van der Waals surface area (Å²) in [6, 6.07) is 11.5. The molecular formula is C23H21FN8O. The normalized spacial score (nSPS) is 12.2. The van der Waals surface area contributed by atoms with Crippen LogP contribution in [0.4, 0.5) is 15.9 Å². The number of aromatic nitrogens is 6. The van der Waals surface area contributed by atoms with Crippen molar-refractivity contribution in [1.29, 1.82) is 0 Å². The number of aryl methyl sites for hydroxylation is 1. The van der Waals surface area contributed by atoms with Crippen molar-refractivity contribution in [2.24, 2.45) is 0 Å². The Morgan fingerprint density at radius 1 is 1.12 bits per heavy atom. The lowest BCUT2D eigenvalue weighted by atomic mass is 10.1. The summed E-state index contributed by atoms with van der Waals surface area (Å²) in [7, 11) is 0. The minimum Gasteiger partial charge on any atom is -0.358 e. The van der Waals surface area contributed by atoms with Crippen molar-refractivity contribution in [1.82, 2.24) is 29.6 Å². The van der Waals surface area contributed by atoms with Gasteiger partial charge in [0.25, 0.3) is 5.56 Å². The number of nitrogens with one attached hydrogen (secondary N) is 3. The highest BCUT2D eigenvalue weighted by molar-refractivity contribution is 5.82. The molecule has 3 heterocycles. The predicted octanol–water partition coefficient (Wildman–Crippen LogP) is 3.95. The predicted molar refractivity (Wildman–Crippen MR) is 124 cm³/mol. The van der Waals surface area contributed by atoms with Crippen LogP contribution in [0.5, 0.6) is 0 Å². The molecule has 10 heteroatoms. The number of imidazole rings is 1. The van der Waals surface area contributed by atoms with Crippen molar-refractivity contribution >= 4 is 33.6 Å². The summed E-state index contributed by atoms with van der Waals surface area (Å²) in [6.45, 7) is 3.93. The second-order valence-electron chi connectivity index (χ2n) is 7.65. The first kappa shape index (κ1) is 20.6. The van der Waals surface area contributed by atoms with E-state index in [0.29, 0.717) is 34.9 Å². The Balaban J connectivity index is 1.66. The molecule has 0 bridgehead atoms. The van der Waals surface area contributed by atoms with Crippen LogP contribution in [0.2, 0.25) is 0 Å².